The number of nitrogens with one attached hydrogen (secondary N) is 2. The largest absolute Gasteiger partial charge is 0.573 e. The average Bonchev–Trinajstić information content (AvgIpc) is 3.39. The molecule has 0 radical (unpaired) electrons. The molecule has 1 fully saturated rings. The van der Waals surface area contributed by atoms with E-state index in [4.69, 9.17) is 5.73 Å². The molecule has 8 N–H and O–H groups in total. The number of Topliss-reactive ketones (excluding diaryl/α,β-unsaturated/α-hetero) is 2. The van der Waals surface area contributed by atoms with Crippen LogP contribution in [0.15, 0.2) is 28.7 Å². The number of primary amides is 1. The number of aromatic hydroxyl groups is 1. The van der Waals surface area contributed by atoms with Gasteiger partial charge in [-0.2, -0.15) is 0 Å². The van der Waals surface area contributed by atoms with Crippen molar-refractivity contribution in [3.8, 4) is 11.5 Å². The fourth-order valence-electron chi connectivity index (χ4n) is 6.65. The molecule has 1 aromatic carbocycles. The third-order valence-electron chi connectivity index (χ3n) is 8.26. The van der Waals surface area contributed by atoms with Crippen LogP contribution in [0.1, 0.15) is 53.7 Å². The van der Waals surface area contributed by atoms with E-state index in [1.165, 1.54) is 0 Å². The van der Waals surface area contributed by atoms with Gasteiger partial charge in [-0.25, -0.2) is 0 Å². The van der Waals surface area contributed by atoms with Gasteiger partial charge in [0.1, 0.15) is 28.6 Å². The number of aliphatic hydroxyl groups is 3. The molecule has 11 nitrogen and oxygen atoms in total. The molecule has 1 unspecified atom stereocenters. The predicted molar refractivity (Wildman–Crippen MR) is 130 cm³/mol. The Morgan fingerprint density at radius 1 is 1.27 bits per heavy atom. The van der Waals surface area contributed by atoms with Crippen LogP contribution < -0.4 is 21.1 Å². The average molecular weight is 568 g/mol. The summed E-state index contributed by atoms with van der Waals surface area (Å²) >= 11 is 0. The van der Waals surface area contributed by atoms with Gasteiger partial charge in [0.2, 0.25) is 5.78 Å². The molecule has 4 aliphatic rings. The quantitative estimate of drug-likeness (QED) is 0.257. The van der Waals surface area contributed by atoms with Crippen LogP contribution in [0.25, 0.3) is 0 Å². The molecule has 1 aliphatic heterocycles. The Morgan fingerprint density at radius 2 is 1.98 bits per heavy atom. The number of rotatable bonds is 5. The molecule has 0 saturated carbocycles. The minimum atomic E-state index is -5.13. The van der Waals surface area contributed by atoms with Gasteiger partial charge in [0.25, 0.3) is 5.91 Å². The summed E-state index contributed by atoms with van der Waals surface area (Å²) < 4.78 is 45.2. The molecule has 216 valence electrons. The second-order valence-corrected chi connectivity index (χ2v) is 10.5. The number of alkyl halides is 3. The Balaban J connectivity index is 1.71. The fourth-order valence-corrected chi connectivity index (χ4v) is 6.65. The van der Waals surface area contributed by atoms with Crippen LogP contribution >= 0.6 is 0 Å². The number of benzene rings is 1. The highest BCUT2D eigenvalue weighted by Gasteiger charge is 2.63. The number of allylic oxidation sites excluding steroid dienone is 1. The number of halogens is 3. The van der Waals surface area contributed by atoms with Gasteiger partial charge < -0.3 is 41.5 Å². The standard InChI is InChI=1S/C26H28F3N3O8/c1-2-31-18-12-7-9-6-11-16(14(33)8-10(13-4-3-5-32-13)21(11)40-26(27,28)29)19(34)15(9)22(36)25(12,39)23(37)17(20(18)35)24(30)38/h8-9,12-13,18,31-33,35-36,39H,2-7H2,1H3,(H2,30,38)/t9-,12-,13?,18-,25-/m0/s1. The lowest BCUT2D eigenvalue weighted by Crippen LogP contribution is -2.64. The van der Waals surface area contributed by atoms with Gasteiger partial charge in [0.15, 0.2) is 11.4 Å². The van der Waals surface area contributed by atoms with Gasteiger partial charge in [-0.05, 0) is 50.8 Å². The smallest absolute Gasteiger partial charge is 0.510 e. The van der Waals surface area contributed by atoms with E-state index < -0.39 is 93.1 Å². The zero-order valence-corrected chi connectivity index (χ0v) is 21.3. The zero-order chi connectivity index (χ0) is 29.3. The van der Waals surface area contributed by atoms with Gasteiger partial charge in [0, 0.05) is 28.7 Å². The molecule has 1 heterocycles. The van der Waals surface area contributed by atoms with E-state index in [0.29, 0.717) is 19.4 Å². The van der Waals surface area contributed by atoms with Crippen molar-refractivity contribution in [2.45, 2.75) is 56.7 Å². The van der Waals surface area contributed by atoms with Crippen LogP contribution in [0.4, 0.5) is 13.2 Å². The molecule has 1 amide bonds. The number of nitrogens with two attached hydrogens (primary N) is 1. The Hall–Kier alpha value is -3.62. The maximum Gasteiger partial charge on any atom is 0.573 e. The minimum Gasteiger partial charge on any atom is -0.510 e. The highest BCUT2D eigenvalue weighted by molar-refractivity contribution is 6.24. The Morgan fingerprint density at radius 3 is 2.55 bits per heavy atom. The maximum absolute atomic E-state index is 13.7. The van der Waals surface area contributed by atoms with Crippen LogP contribution in [-0.4, -0.2) is 69.0 Å². The minimum absolute atomic E-state index is 0.0212. The molecular weight excluding hydrogens is 539 g/mol. The summed E-state index contributed by atoms with van der Waals surface area (Å²) in [4.78, 5) is 39.0. The van der Waals surface area contributed by atoms with Gasteiger partial charge >= 0.3 is 6.36 Å². The predicted octanol–water partition coefficient (Wildman–Crippen LogP) is 1.49. The number of ketones is 2. The van der Waals surface area contributed by atoms with E-state index >= 15 is 0 Å². The van der Waals surface area contributed by atoms with E-state index in [1.54, 1.807) is 6.92 Å². The number of hydrogen-bond acceptors (Lipinski definition) is 10. The number of phenolic OH excluding ortho intramolecular Hbond substituents is 1. The topological polar surface area (TPSA) is 191 Å². The van der Waals surface area contributed by atoms with E-state index in [2.05, 4.69) is 15.4 Å². The first-order valence-electron chi connectivity index (χ1n) is 12.8. The van der Waals surface area contributed by atoms with Gasteiger partial charge in [-0.3, -0.25) is 14.4 Å². The van der Waals surface area contributed by atoms with Crippen LogP contribution in [0, 0.1) is 11.8 Å². The molecule has 40 heavy (non-hydrogen) atoms. The number of carbonyl (C=O) groups excluding carboxylic acids is 3. The summed E-state index contributed by atoms with van der Waals surface area (Å²) in [6, 6.07) is -0.824. The number of fused-ring (bicyclic) bond motifs is 3. The summed E-state index contributed by atoms with van der Waals surface area (Å²) in [5, 5.41) is 50.3. The normalized spacial score (nSPS) is 30.2. The van der Waals surface area contributed by atoms with Crippen LogP contribution in [-0.2, 0) is 16.0 Å². The first-order valence-corrected chi connectivity index (χ1v) is 12.8. The monoisotopic (exact) mass is 567 g/mol. The number of amides is 1. The summed E-state index contributed by atoms with van der Waals surface area (Å²) in [5.74, 6) is -9.38. The first-order chi connectivity index (χ1) is 18.7. The number of hydrogen-bond donors (Lipinski definition) is 7. The van der Waals surface area contributed by atoms with Crippen LogP contribution in [0.3, 0.4) is 0 Å². The van der Waals surface area contributed by atoms with E-state index in [9.17, 15) is 48.0 Å². The highest BCUT2D eigenvalue weighted by atomic mass is 19.4. The molecular formula is C26H28F3N3O8. The second kappa shape index (κ2) is 9.49. The van der Waals surface area contributed by atoms with Crippen molar-refractivity contribution in [3.63, 3.8) is 0 Å². The highest BCUT2D eigenvalue weighted by Crippen LogP contribution is 2.54. The molecule has 0 aromatic heterocycles. The van der Waals surface area contributed by atoms with Crippen LogP contribution in [0.5, 0.6) is 11.5 Å². The first kappa shape index (κ1) is 27.9. The Kier molecular flexibility index (Phi) is 6.63. The molecule has 5 atom stereocenters. The van der Waals surface area contributed by atoms with Crippen molar-refractivity contribution < 1.29 is 52.7 Å². The third-order valence-corrected chi connectivity index (χ3v) is 8.26. The summed E-state index contributed by atoms with van der Waals surface area (Å²) in [5.41, 5.74) is 0.241. The van der Waals surface area contributed by atoms with E-state index in [0.717, 1.165) is 6.07 Å². The third kappa shape index (κ3) is 4.04. The summed E-state index contributed by atoms with van der Waals surface area (Å²) in [7, 11) is 0. The van der Waals surface area contributed by atoms with Crippen molar-refractivity contribution >= 4 is 17.5 Å². The van der Waals surface area contributed by atoms with Crippen molar-refractivity contribution in [1.29, 1.82) is 0 Å². The van der Waals surface area contributed by atoms with E-state index in [-0.39, 0.29) is 30.5 Å². The maximum atomic E-state index is 13.7. The Labute approximate surface area is 225 Å². The molecule has 0 spiro atoms. The zero-order valence-electron chi connectivity index (χ0n) is 21.3. The molecule has 1 aromatic rings. The number of phenols is 1. The molecule has 3 aliphatic carbocycles. The van der Waals surface area contributed by atoms with Crippen molar-refractivity contribution in [3.05, 3.63) is 45.4 Å². The summed E-state index contributed by atoms with van der Waals surface area (Å²) in [6.07, 6.45) is -4.59. The number of ether oxygens (including phenoxy) is 1. The fraction of sp³-hybridized carbons (Fsp3) is 0.500. The lowest BCUT2D eigenvalue weighted by atomic mass is 9.58. The molecule has 1 saturated heterocycles. The molecule has 5 rings (SSSR count). The lowest BCUT2D eigenvalue weighted by Gasteiger charge is -2.48. The lowest BCUT2D eigenvalue weighted by molar-refractivity contribution is -0.275. The number of aliphatic hydroxyl groups excluding tert-OH is 2. The summed E-state index contributed by atoms with van der Waals surface area (Å²) in [6.45, 7) is 2.35. The van der Waals surface area contributed by atoms with E-state index in [1.807, 2.05) is 0 Å². The van der Waals surface area contributed by atoms with Crippen molar-refractivity contribution in [1.82, 2.24) is 10.6 Å². The SMILES string of the molecule is CCN[C@@H]1C(O)=C(C(N)=O)C(=O)[C@@]2(O)C(O)=C3C(=O)c4c(O)cc(C5CCCN5)c(OC(F)(F)F)c4C[C@H]3C[C@@H]12. The molecule has 14 heteroatoms. The number of carbonyl (C=O) groups is 3. The molecule has 0 bridgehead atoms. The van der Waals surface area contributed by atoms with Crippen LogP contribution in [0.2, 0.25) is 0 Å². The van der Waals surface area contributed by atoms with Crippen molar-refractivity contribution in [2.75, 3.05) is 13.1 Å². The van der Waals surface area contributed by atoms with Gasteiger partial charge in [-0.1, -0.05) is 6.92 Å². The second-order valence-electron chi connectivity index (χ2n) is 10.5. The Bertz CT molecular complexity index is 1380. The number of likely N-dealkylation sites (N-methyl/N-ethyl adjacent to an activating group) is 1. The van der Waals surface area contributed by atoms with Crippen molar-refractivity contribution in [2.24, 2.45) is 17.6 Å². The van der Waals surface area contributed by atoms with Gasteiger partial charge in [0.05, 0.1) is 11.6 Å². The van der Waals surface area contributed by atoms with Gasteiger partial charge in [-0.15, -0.1) is 13.2 Å².